The molecule has 0 aliphatic rings. The van der Waals surface area contributed by atoms with E-state index in [1.807, 2.05) is 30.3 Å². The fourth-order valence-corrected chi connectivity index (χ4v) is 2.67. The largest absolute Gasteiger partial charge is 0.294 e. The van der Waals surface area contributed by atoms with Gasteiger partial charge in [-0.3, -0.25) is 30.6 Å². The first-order valence-corrected chi connectivity index (χ1v) is 8.35. The predicted molar refractivity (Wildman–Crippen MR) is 102 cm³/mol. The zero-order valence-electron chi connectivity index (χ0n) is 14.3. The van der Waals surface area contributed by atoms with Gasteiger partial charge in [0.25, 0.3) is 5.69 Å². The average molecular weight is 363 g/mol. The Bertz CT molecular complexity index is 1020. The maximum Gasteiger partial charge on any atom is 0.294 e. The number of nitrogens with zero attached hydrogens (tertiary/aromatic N) is 1. The molecule has 0 fully saturated rings. The quantitative estimate of drug-likeness (QED) is 0.377. The lowest BCUT2D eigenvalue weighted by Gasteiger charge is -2.08. The van der Waals surface area contributed by atoms with Crippen molar-refractivity contribution in [3.63, 3.8) is 0 Å². The first-order valence-electron chi connectivity index (χ1n) is 8.35. The maximum atomic E-state index is 12.3. The monoisotopic (exact) mass is 363 g/mol. The van der Waals surface area contributed by atoms with E-state index in [1.165, 1.54) is 18.2 Å². The Morgan fingerprint density at radius 3 is 2.37 bits per heavy atom. The number of rotatable bonds is 7. The molecule has 2 N–H and O–H groups in total. The van der Waals surface area contributed by atoms with Crippen molar-refractivity contribution in [2.75, 3.05) is 5.43 Å². The highest BCUT2D eigenvalue weighted by atomic mass is 16.6. The van der Waals surface area contributed by atoms with Gasteiger partial charge in [-0.15, -0.1) is 0 Å². The van der Waals surface area contributed by atoms with Gasteiger partial charge >= 0.3 is 0 Å². The summed E-state index contributed by atoms with van der Waals surface area (Å²) in [5, 5.41) is 12.9. The van der Waals surface area contributed by atoms with Crippen LogP contribution in [0, 0.1) is 10.1 Å². The van der Waals surface area contributed by atoms with Crippen LogP contribution < -0.4 is 10.9 Å². The van der Waals surface area contributed by atoms with Crippen LogP contribution in [0.25, 0.3) is 10.8 Å². The van der Waals surface area contributed by atoms with Crippen LogP contribution >= 0.6 is 0 Å². The van der Waals surface area contributed by atoms with E-state index in [2.05, 4.69) is 10.9 Å². The molecular formula is C20H17N3O4. The summed E-state index contributed by atoms with van der Waals surface area (Å²) >= 11 is 0. The molecule has 136 valence electrons. The lowest BCUT2D eigenvalue weighted by atomic mass is 10.0. The van der Waals surface area contributed by atoms with E-state index in [1.54, 1.807) is 18.2 Å². The first-order chi connectivity index (χ1) is 13.0. The van der Waals surface area contributed by atoms with Crippen molar-refractivity contribution in [3.8, 4) is 0 Å². The summed E-state index contributed by atoms with van der Waals surface area (Å²) in [6.07, 6.45) is 0.0159. The zero-order valence-corrected chi connectivity index (χ0v) is 14.3. The van der Waals surface area contributed by atoms with E-state index >= 15 is 0 Å². The number of amides is 1. The van der Waals surface area contributed by atoms with Crippen LogP contribution in [-0.4, -0.2) is 16.6 Å². The van der Waals surface area contributed by atoms with Gasteiger partial charge in [0.1, 0.15) is 5.69 Å². The highest BCUT2D eigenvalue weighted by Gasteiger charge is 2.14. The number of carbonyl (C=O) groups is 2. The van der Waals surface area contributed by atoms with Crippen molar-refractivity contribution >= 4 is 33.8 Å². The molecule has 0 heterocycles. The van der Waals surface area contributed by atoms with Gasteiger partial charge in [-0.25, -0.2) is 0 Å². The fourth-order valence-electron chi connectivity index (χ4n) is 2.67. The second kappa shape index (κ2) is 8.09. The molecule has 3 aromatic carbocycles. The van der Waals surface area contributed by atoms with Crippen LogP contribution in [0.3, 0.4) is 0 Å². The van der Waals surface area contributed by atoms with Gasteiger partial charge in [0.05, 0.1) is 4.92 Å². The maximum absolute atomic E-state index is 12.3. The van der Waals surface area contributed by atoms with E-state index in [9.17, 15) is 19.7 Å². The Labute approximate surface area is 155 Å². The third-order valence-corrected chi connectivity index (χ3v) is 4.09. The Balaban J connectivity index is 1.55. The van der Waals surface area contributed by atoms with Crippen LogP contribution in [0.5, 0.6) is 0 Å². The lowest BCUT2D eigenvalue weighted by Crippen LogP contribution is -2.29. The Morgan fingerprint density at radius 1 is 0.889 bits per heavy atom. The minimum absolute atomic E-state index is 0.0285. The standard InChI is InChI=1S/C20H17N3O4/c24-19(16-10-9-14-5-1-2-6-15(14)13-16)11-12-20(25)22-21-17-7-3-4-8-18(17)23(26)27/h1-10,13,21H,11-12H2,(H,22,25). The molecule has 0 aliphatic carbocycles. The van der Waals surface area contributed by atoms with Crippen molar-refractivity contribution in [2.45, 2.75) is 12.8 Å². The van der Waals surface area contributed by atoms with Crippen molar-refractivity contribution in [1.82, 2.24) is 5.43 Å². The molecule has 0 unspecified atom stereocenters. The van der Waals surface area contributed by atoms with Gasteiger partial charge in [-0.1, -0.05) is 48.5 Å². The van der Waals surface area contributed by atoms with Crippen LogP contribution in [0.4, 0.5) is 11.4 Å². The van der Waals surface area contributed by atoms with E-state index in [-0.39, 0.29) is 30.0 Å². The van der Waals surface area contributed by atoms with E-state index in [4.69, 9.17) is 0 Å². The number of benzene rings is 3. The van der Waals surface area contributed by atoms with Gasteiger partial charge in [-0.2, -0.15) is 0 Å². The molecule has 27 heavy (non-hydrogen) atoms. The molecule has 0 saturated carbocycles. The van der Waals surface area contributed by atoms with Crippen LogP contribution in [0.2, 0.25) is 0 Å². The normalized spacial score (nSPS) is 10.4. The minimum atomic E-state index is -0.544. The molecule has 0 saturated heterocycles. The molecule has 3 rings (SSSR count). The highest BCUT2D eigenvalue weighted by Crippen LogP contribution is 2.22. The number of hydrogen-bond acceptors (Lipinski definition) is 5. The van der Waals surface area contributed by atoms with Crippen molar-refractivity contribution in [3.05, 3.63) is 82.4 Å². The molecule has 7 nitrogen and oxygen atoms in total. The number of hydrazine groups is 1. The van der Waals surface area contributed by atoms with Crippen molar-refractivity contribution in [2.24, 2.45) is 0 Å². The third kappa shape index (κ3) is 4.46. The second-order valence-corrected chi connectivity index (χ2v) is 5.93. The second-order valence-electron chi connectivity index (χ2n) is 5.93. The first kappa shape index (κ1) is 18.1. The van der Waals surface area contributed by atoms with E-state index in [0.29, 0.717) is 5.56 Å². The summed E-state index contributed by atoms with van der Waals surface area (Å²) in [5.41, 5.74) is 5.49. The highest BCUT2D eigenvalue weighted by molar-refractivity contribution is 6.01. The molecule has 7 heteroatoms. The SMILES string of the molecule is O=C(CCC(=O)c1ccc2ccccc2c1)NNc1ccccc1[N+](=O)[O-]. The van der Waals surface area contributed by atoms with Gasteiger partial charge < -0.3 is 0 Å². The summed E-state index contributed by atoms with van der Waals surface area (Å²) in [6, 6.07) is 19.1. The number of hydrogen-bond donors (Lipinski definition) is 2. The molecule has 0 radical (unpaired) electrons. The molecule has 0 atom stereocenters. The summed E-state index contributed by atoms with van der Waals surface area (Å²) in [7, 11) is 0. The number of ketones is 1. The number of Topliss-reactive ketones (excluding diaryl/α,β-unsaturated/α-hetero) is 1. The molecule has 0 aromatic heterocycles. The Morgan fingerprint density at radius 2 is 1.59 bits per heavy atom. The van der Waals surface area contributed by atoms with Gasteiger partial charge in [0, 0.05) is 24.5 Å². The number of carbonyl (C=O) groups excluding carboxylic acids is 2. The third-order valence-electron chi connectivity index (χ3n) is 4.09. The molecule has 0 bridgehead atoms. The van der Waals surface area contributed by atoms with Gasteiger partial charge in [0.2, 0.25) is 5.91 Å². The number of anilines is 1. The smallest absolute Gasteiger partial charge is 0.294 e. The summed E-state index contributed by atoms with van der Waals surface area (Å²) < 4.78 is 0. The van der Waals surface area contributed by atoms with Crippen LogP contribution in [0.15, 0.2) is 66.7 Å². The molecule has 0 aliphatic heterocycles. The number of nitro groups is 1. The number of nitrogens with one attached hydrogen (secondary N) is 2. The van der Waals surface area contributed by atoms with Crippen LogP contribution in [0.1, 0.15) is 23.2 Å². The van der Waals surface area contributed by atoms with Gasteiger partial charge in [0.15, 0.2) is 5.78 Å². The van der Waals surface area contributed by atoms with Crippen molar-refractivity contribution in [1.29, 1.82) is 0 Å². The topological polar surface area (TPSA) is 101 Å². The summed E-state index contributed by atoms with van der Waals surface area (Å²) in [6.45, 7) is 0. The number of para-hydroxylation sites is 2. The van der Waals surface area contributed by atoms with E-state index < -0.39 is 10.8 Å². The average Bonchev–Trinajstić information content (AvgIpc) is 2.70. The number of fused-ring (bicyclic) bond motifs is 1. The van der Waals surface area contributed by atoms with E-state index in [0.717, 1.165) is 10.8 Å². The lowest BCUT2D eigenvalue weighted by molar-refractivity contribution is -0.384. The fraction of sp³-hybridized carbons (Fsp3) is 0.100. The van der Waals surface area contributed by atoms with Gasteiger partial charge in [-0.05, 0) is 22.9 Å². The van der Waals surface area contributed by atoms with Crippen molar-refractivity contribution < 1.29 is 14.5 Å². The number of nitro benzene ring substituents is 1. The molecule has 1 amide bonds. The minimum Gasteiger partial charge on any atom is -0.294 e. The Kier molecular flexibility index (Phi) is 5.41. The Hall–Kier alpha value is -3.74. The molecule has 0 spiro atoms. The summed E-state index contributed by atoms with van der Waals surface area (Å²) in [4.78, 5) is 34.7. The molecule has 3 aromatic rings. The zero-order chi connectivity index (χ0) is 19.2. The predicted octanol–water partition coefficient (Wildman–Crippen LogP) is 3.85. The summed E-state index contributed by atoms with van der Waals surface area (Å²) in [5.74, 6) is -0.566. The molecular weight excluding hydrogens is 346 g/mol. The van der Waals surface area contributed by atoms with Crippen LogP contribution in [-0.2, 0) is 4.79 Å².